The van der Waals surface area contributed by atoms with Crippen LogP contribution in [0.5, 0.6) is 0 Å². The molecule has 2 aliphatic rings. The summed E-state index contributed by atoms with van der Waals surface area (Å²) < 4.78 is 13.2. The van der Waals surface area contributed by atoms with Crippen molar-refractivity contribution in [1.82, 2.24) is 0 Å². The zero-order valence-electron chi connectivity index (χ0n) is 16.1. The monoisotopic (exact) mass is 338 g/mol. The van der Waals surface area contributed by atoms with Crippen LogP contribution in [0.3, 0.4) is 0 Å². The molecule has 0 radical (unpaired) electrons. The van der Waals surface area contributed by atoms with Crippen molar-refractivity contribution in [3.8, 4) is 0 Å². The van der Waals surface area contributed by atoms with E-state index in [-0.39, 0.29) is 5.82 Å². The van der Waals surface area contributed by atoms with Gasteiger partial charge in [0, 0.05) is 5.92 Å². The van der Waals surface area contributed by atoms with Gasteiger partial charge >= 0.3 is 0 Å². The van der Waals surface area contributed by atoms with Crippen molar-refractivity contribution in [1.29, 1.82) is 0 Å². The minimum atomic E-state index is -0.168. The van der Waals surface area contributed by atoms with Crippen LogP contribution < -0.4 is 0 Å². The molecule has 4 atom stereocenters. The highest BCUT2D eigenvalue weighted by Gasteiger charge is 2.49. The first kappa shape index (κ1) is 18.2. The van der Waals surface area contributed by atoms with Crippen LogP contribution in [-0.2, 0) is 0 Å². The van der Waals surface area contributed by atoms with E-state index in [0.717, 1.165) is 11.5 Å². The molecule has 1 fully saturated rings. The average Bonchev–Trinajstić information content (AvgIpc) is 3.06. The number of fused-ring (bicyclic) bond motifs is 1. The van der Waals surface area contributed by atoms with Gasteiger partial charge in [-0.15, -0.1) is 0 Å². The SMILES string of the molecule is C=C(C1=C2C(C)C2C(c2ccc(F)cc2)=C1)C(C)CC(C)CCCC. The summed E-state index contributed by atoms with van der Waals surface area (Å²) in [5.41, 5.74) is 6.74. The van der Waals surface area contributed by atoms with E-state index >= 15 is 0 Å². The smallest absolute Gasteiger partial charge is 0.123 e. The van der Waals surface area contributed by atoms with Gasteiger partial charge in [0.1, 0.15) is 5.82 Å². The second kappa shape index (κ2) is 7.32. The fourth-order valence-electron chi connectivity index (χ4n) is 4.44. The lowest BCUT2D eigenvalue weighted by molar-refractivity contribution is 0.418. The van der Waals surface area contributed by atoms with Gasteiger partial charge < -0.3 is 0 Å². The molecule has 0 aliphatic heterocycles. The fourth-order valence-corrected chi connectivity index (χ4v) is 4.44. The van der Waals surface area contributed by atoms with Gasteiger partial charge in [-0.2, -0.15) is 0 Å². The first-order valence-electron chi connectivity index (χ1n) is 9.84. The maximum absolute atomic E-state index is 13.2. The average molecular weight is 339 g/mol. The summed E-state index contributed by atoms with van der Waals surface area (Å²) in [5.74, 6) is 2.25. The Morgan fingerprint density at radius 2 is 1.88 bits per heavy atom. The quantitative estimate of drug-likeness (QED) is 0.470. The molecule has 0 N–H and O–H groups in total. The summed E-state index contributed by atoms with van der Waals surface area (Å²) in [5, 5.41) is 0. The normalized spacial score (nSPS) is 24.0. The van der Waals surface area contributed by atoms with E-state index in [1.54, 1.807) is 17.7 Å². The van der Waals surface area contributed by atoms with E-state index in [9.17, 15) is 4.39 Å². The van der Waals surface area contributed by atoms with Crippen LogP contribution in [0, 0.1) is 29.5 Å². The number of halogens is 1. The van der Waals surface area contributed by atoms with Crippen LogP contribution in [0.15, 0.2) is 53.6 Å². The van der Waals surface area contributed by atoms with Crippen LogP contribution in [0.25, 0.3) is 5.57 Å². The van der Waals surface area contributed by atoms with Gasteiger partial charge in [-0.25, -0.2) is 4.39 Å². The summed E-state index contributed by atoms with van der Waals surface area (Å²) in [6.45, 7) is 13.7. The number of unbranched alkanes of at least 4 members (excludes halogenated alkanes) is 1. The predicted octanol–water partition coefficient (Wildman–Crippen LogP) is 7.19. The van der Waals surface area contributed by atoms with E-state index in [4.69, 9.17) is 0 Å². The van der Waals surface area contributed by atoms with Crippen molar-refractivity contribution in [2.24, 2.45) is 23.7 Å². The van der Waals surface area contributed by atoms with Crippen molar-refractivity contribution in [3.05, 3.63) is 65.0 Å². The van der Waals surface area contributed by atoms with Crippen LogP contribution >= 0.6 is 0 Å². The summed E-state index contributed by atoms with van der Waals surface area (Å²) in [6, 6.07) is 6.94. The molecular weight excluding hydrogens is 307 g/mol. The molecule has 3 rings (SSSR count). The minimum absolute atomic E-state index is 0.168. The first-order valence-corrected chi connectivity index (χ1v) is 9.84. The number of allylic oxidation sites excluding steroid dienone is 5. The Hall–Kier alpha value is -1.63. The molecule has 25 heavy (non-hydrogen) atoms. The van der Waals surface area contributed by atoms with Gasteiger partial charge in [-0.05, 0) is 58.6 Å². The van der Waals surface area contributed by atoms with Crippen LogP contribution in [0.1, 0.15) is 58.9 Å². The molecule has 1 aromatic rings. The van der Waals surface area contributed by atoms with E-state index in [0.29, 0.717) is 17.8 Å². The van der Waals surface area contributed by atoms with Gasteiger partial charge in [-0.3, -0.25) is 0 Å². The molecular formula is C24H31F. The first-order chi connectivity index (χ1) is 11.9. The van der Waals surface area contributed by atoms with E-state index in [2.05, 4.69) is 40.3 Å². The molecule has 0 heterocycles. The van der Waals surface area contributed by atoms with Crippen molar-refractivity contribution < 1.29 is 4.39 Å². The molecule has 134 valence electrons. The van der Waals surface area contributed by atoms with Gasteiger partial charge in [0.25, 0.3) is 0 Å². The van der Waals surface area contributed by atoms with Crippen LogP contribution in [-0.4, -0.2) is 0 Å². The zero-order valence-corrected chi connectivity index (χ0v) is 16.1. The Bertz CT molecular complexity index is 704. The third-order valence-electron chi connectivity index (χ3n) is 6.09. The lowest BCUT2D eigenvalue weighted by atomic mass is 9.85. The van der Waals surface area contributed by atoms with Gasteiger partial charge in [0.05, 0.1) is 0 Å². The second-order valence-corrected chi connectivity index (χ2v) is 8.15. The highest BCUT2D eigenvalue weighted by molar-refractivity contribution is 5.84. The molecule has 0 spiro atoms. The molecule has 0 nitrogen and oxygen atoms in total. The standard InChI is InChI=1S/C24H31F/c1-6-7-8-15(2)13-16(3)17(4)21-14-22(24-18(5)23(21)24)19-9-11-20(25)12-10-19/h9-12,14-16,18,24H,4,6-8,13H2,1-3,5H3. The highest BCUT2D eigenvalue weighted by Crippen LogP contribution is 2.61. The third-order valence-corrected chi connectivity index (χ3v) is 6.09. The Morgan fingerprint density at radius 3 is 2.52 bits per heavy atom. The predicted molar refractivity (Wildman–Crippen MR) is 106 cm³/mol. The molecule has 0 saturated heterocycles. The Morgan fingerprint density at radius 1 is 1.20 bits per heavy atom. The Labute approximate surface area is 152 Å². The summed E-state index contributed by atoms with van der Waals surface area (Å²) in [6.07, 6.45) is 7.45. The van der Waals surface area contributed by atoms with E-state index in [1.165, 1.54) is 42.4 Å². The van der Waals surface area contributed by atoms with E-state index in [1.807, 2.05) is 12.1 Å². The fraction of sp³-hybridized carbons (Fsp3) is 0.500. The highest BCUT2D eigenvalue weighted by atomic mass is 19.1. The molecule has 1 heteroatoms. The Kier molecular flexibility index (Phi) is 5.32. The number of hydrogen-bond donors (Lipinski definition) is 0. The maximum atomic E-state index is 13.2. The molecule has 0 amide bonds. The van der Waals surface area contributed by atoms with Crippen LogP contribution in [0.4, 0.5) is 4.39 Å². The summed E-state index contributed by atoms with van der Waals surface area (Å²) >= 11 is 0. The number of benzene rings is 1. The van der Waals surface area contributed by atoms with Crippen LogP contribution in [0.2, 0.25) is 0 Å². The van der Waals surface area contributed by atoms with Crippen molar-refractivity contribution in [3.63, 3.8) is 0 Å². The van der Waals surface area contributed by atoms with Crippen molar-refractivity contribution >= 4 is 5.57 Å². The van der Waals surface area contributed by atoms with E-state index < -0.39 is 0 Å². The number of rotatable bonds is 8. The third kappa shape index (κ3) is 3.66. The minimum Gasteiger partial charge on any atom is -0.207 e. The molecule has 1 aromatic carbocycles. The number of hydrogen-bond acceptors (Lipinski definition) is 0. The molecule has 0 aromatic heterocycles. The second-order valence-electron chi connectivity index (χ2n) is 8.15. The lowest BCUT2D eigenvalue weighted by Gasteiger charge is -2.20. The van der Waals surface area contributed by atoms with Crippen molar-refractivity contribution in [2.45, 2.75) is 53.4 Å². The largest absolute Gasteiger partial charge is 0.207 e. The Balaban J connectivity index is 1.73. The summed E-state index contributed by atoms with van der Waals surface area (Å²) in [4.78, 5) is 0. The lowest BCUT2D eigenvalue weighted by Crippen LogP contribution is -2.07. The molecule has 2 aliphatic carbocycles. The van der Waals surface area contributed by atoms with Gasteiger partial charge in [0.15, 0.2) is 0 Å². The van der Waals surface area contributed by atoms with Gasteiger partial charge in [-0.1, -0.05) is 77.3 Å². The summed E-state index contributed by atoms with van der Waals surface area (Å²) in [7, 11) is 0. The molecule has 4 unspecified atom stereocenters. The molecule has 0 bridgehead atoms. The topological polar surface area (TPSA) is 0 Å². The van der Waals surface area contributed by atoms with Crippen molar-refractivity contribution in [2.75, 3.05) is 0 Å². The maximum Gasteiger partial charge on any atom is 0.123 e. The zero-order chi connectivity index (χ0) is 18.1. The molecule has 1 saturated carbocycles. The van der Waals surface area contributed by atoms with Gasteiger partial charge in [0.2, 0.25) is 0 Å².